The van der Waals surface area contributed by atoms with Crippen molar-refractivity contribution in [3.8, 4) is 0 Å². The van der Waals surface area contributed by atoms with Gasteiger partial charge < -0.3 is 5.73 Å². The molecular weight excluding hydrogens is 208 g/mol. The number of nitrogens with two attached hydrogens (primary N) is 1. The molecule has 0 aliphatic heterocycles. The third-order valence-electron chi connectivity index (χ3n) is 5.97. The van der Waals surface area contributed by atoms with Crippen molar-refractivity contribution in [2.75, 3.05) is 13.1 Å². The van der Waals surface area contributed by atoms with Gasteiger partial charge in [0.2, 0.25) is 0 Å². The maximum absolute atomic E-state index is 6.26. The van der Waals surface area contributed by atoms with Gasteiger partial charge in [-0.3, -0.25) is 4.90 Å². The third kappa shape index (κ3) is 1.76. The predicted octanol–water partition coefficient (Wildman–Crippen LogP) is 2.77. The largest absolute Gasteiger partial charge is 0.329 e. The number of rotatable bonds is 4. The number of likely N-dealkylation sites (N-methyl/N-ethyl adjacent to an activating group) is 1. The van der Waals surface area contributed by atoms with Crippen LogP contribution < -0.4 is 5.73 Å². The summed E-state index contributed by atoms with van der Waals surface area (Å²) in [7, 11) is 0. The second-order valence-electron chi connectivity index (χ2n) is 6.61. The van der Waals surface area contributed by atoms with Gasteiger partial charge in [0, 0.05) is 18.1 Å². The van der Waals surface area contributed by atoms with E-state index in [1.807, 2.05) is 0 Å². The van der Waals surface area contributed by atoms with Crippen LogP contribution in [0.4, 0.5) is 0 Å². The lowest BCUT2D eigenvalue weighted by Crippen LogP contribution is -2.60. The maximum Gasteiger partial charge on any atom is 0.0365 e. The van der Waals surface area contributed by atoms with E-state index in [4.69, 9.17) is 5.73 Å². The van der Waals surface area contributed by atoms with E-state index in [0.717, 1.165) is 24.4 Å². The molecular formula is C15H28N2. The first-order valence-corrected chi connectivity index (χ1v) is 7.77. The molecule has 0 spiro atoms. The van der Waals surface area contributed by atoms with Gasteiger partial charge in [0.1, 0.15) is 0 Å². The average Bonchev–Trinajstić information content (AvgIpc) is 3.05. The summed E-state index contributed by atoms with van der Waals surface area (Å²) < 4.78 is 0. The number of hydrogen-bond donors (Lipinski definition) is 1. The Kier molecular flexibility index (Phi) is 3.20. The molecule has 3 aliphatic rings. The SMILES string of the molecule is CCN(C1CCCC1)C1(CN)CC2CCC1C2. The molecule has 0 aromatic carbocycles. The fourth-order valence-electron chi connectivity index (χ4n) is 5.29. The molecule has 0 aromatic heterocycles. The summed E-state index contributed by atoms with van der Waals surface area (Å²) in [4.78, 5) is 2.84. The van der Waals surface area contributed by atoms with Gasteiger partial charge in [0.25, 0.3) is 0 Å². The maximum atomic E-state index is 6.26. The van der Waals surface area contributed by atoms with Crippen LogP contribution in [0.3, 0.4) is 0 Å². The molecule has 2 N–H and O–H groups in total. The minimum atomic E-state index is 0.396. The zero-order chi connectivity index (χ0) is 11.9. The Labute approximate surface area is 106 Å². The Hall–Kier alpha value is -0.0800. The minimum Gasteiger partial charge on any atom is -0.329 e. The van der Waals surface area contributed by atoms with Gasteiger partial charge in [-0.1, -0.05) is 26.2 Å². The third-order valence-corrected chi connectivity index (χ3v) is 5.97. The number of fused-ring (bicyclic) bond motifs is 2. The first-order chi connectivity index (χ1) is 8.30. The molecule has 0 aromatic rings. The molecule has 0 amide bonds. The lowest BCUT2D eigenvalue weighted by atomic mass is 9.78. The van der Waals surface area contributed by atoms with Gasteiger partial charge in [-0.05, 0) is 50.5 Å². The summed E-state index contributed by atoms with van der Waals surface area (Å²) in [6.45, 7) is 4.46. The van der Waals surface area contributed by atoms with Crippen LogP contribution in [0.2, 0.25) is 0 Å². The summed E-state index contributed by atoms with van der Waals surface area (Å²) >= 11 is 0. The van der Waals surface area contributed by atoms with Crippen LogP contribution in [0.15, 0.2) is 0 Å². The van der Waals surface area contributed by atoms with Gasteiger partial charge in [-0.15, -0.1) is 0 Å². The fraction of sp³-hybridized carbons (Fsp3) is 1.00. The van der Waals surface area contributed by atoms with Gasteiger partial charge in [-0.25, -0.2) is 0 Å². The molecule has 3 saturated carbocycles. The quantitative estimate of drug-likeness (QED) is 0.813. The molecule has 0 heterocycles. The molecule has 17 heavy (non-hydrogen) atoms. The molecule has 98 valence electrons. The average molecular weight is 236 g/mol. The van der Waals surface area contributed by atoms with Crippen LogP contribution in [0.1, 0.15) is 58.3 Å². The smallest absolute Gasteiger partial charge is 0.0365 e. The molecule has 3 atom stereocenters. The summed E-state index contributed by atoms with van der Waals surface area (Å²) in [6.07, 6.45) is 11.5. The van der Waals surface area contributed by atoms with Crippen molar-refractivity contribution in [3.05, 3.63) is 0 Å². The highest BCUT2D eigenvalue weighted by atomic mass is 15.2. The zero-order valence-corrected chi connectivity index (χ0v) is 11.3. The van der Waals surface area contributed by atoms with Gasteiger partial charge in [0.15, 0.2) is 0 Å². The minimum absolute atomic E-state index is 0.396. The standard InChI is InChI=1S/C15H28N2/c1-2-17(14-5-3-4-6-14)15(11-16)10-12-7-8-13(15)9-12/h12-14H,2-11,16H2,1H3. The van der Waals surface area contributed by atoms with E-state index in [-0.39, 0.29) is 0 Å². The van der Waals surface area contributed by atoms with Crippen molar-refractivity contribution in [3.63, 3.8) is 0 Å². The molecule has 0 saturated heterocycles. The van der Waals surface area contributed by atoms with E-state index in [0.29, 0.717) is 5.54 Å². The highest BCUT2D eigenvalue weighted by Crippen LogP contribution is 2.54. The van der Waals surface area contributed by atoms with Crippen molar-refractivity contribution in [1.29, 1.82) is 0 Å². The Morgan fingerprint density at radius 1 is 1.18 bits per heavy atom. The van der Waals surface area contributed by atoms with E-state index in [2.05, 4.69) is 11.8 Å². The van der Waals surface area contributed by atoms with Crippen molar-refractivity contribution in [1.82, 2.24) is 4.90 Å². The highest BCUT2D eigenvalue weighted by Gasteiger charge is 2.54. The van der Waals surface area contributed by atoms with Crippen LogP contribution in [-0.4, -0.2) is 29.6 Å². The van der Waals surface area contributed by atoms with E-state index in [9.17, 15) is 0 Å². The second-order valence-corrected chi connectivity index (χ2v) is 6.61. The molecule has 3 rings (SSSR count). The summed E-state index contributed by atoms with van der Waals surface area (Å²) in [5, 5.41) is 0. The monoisotopic (exact) mass is 236 g/mol. The molecule has 0 radical (unpaired) electrons. The van der Waals surface area contributed by atoms with Crippen LogP contribution in [0, 0.1) is 11.8 Å². The van der Waals surface area contributed by atoms with E-state index in [1.54, 1.807) is 0 Å². The predicted molar refractivity (Wildman–Crippen MR) is 71.9 cm³/mol. The normalized spacial score (nSPS) is 41.8. The molecule has 2 nitrogen and oxygen atoms in total. The number of hydrogen-bond acceptors (Lipinski definition) is 2. The van der Waals surface area contributed by atoms with Crippen LogP contribution in [0.25, 0.3) is 0 Å². The van der Waals surface area contributed by atoms with Crippen molar-refractivity contribution in [2.45, 2.75) is 69.9 Å². The lowest BCUT2D eigenvalue weighted by molar-refractivity contribution is 0.0111. The van der Waals surface area contributed by atoms with E-state index in [1.165, 1.54) is 57.9 Å². The topological polar surface area (TPSA) is 29.3 Å². The van der Waals surface area contributed by atoms with Crippen LogP contribution in [0.5, 0.6) is 0 Å². The second kappa shape index (κ2) is 4.55. The van der Waals surface area contributed by atoms with Crippen LogP contribution >= 0.6 is 0 Å². The molecule has 3 unspecified atom stereocenters. The Balaban J connectivity index is 1.82. The van der Waals surface area contributed by atoms with Crippen molar-refractivity contribution in [2.24, 2.45) is 17.6 Å². The highest BCUT2D eigenvalue weighted by molar-refractivity contribution is 5.09. The van der Waals surface area contributed by atoms with E-state index >= 15 is 0 Å². The summed E-state index contributed by atoms with van der Waals surface area (Å²) in [6, 6.07) is 0.850. The molecule has 2 bridgehead atoms. The van der Waals surface area contributed by atoms with E-state index < -0.39 is 0 Å². The first-order valence-electron chi connectivity index (χ1n) is 7.77. The zero-order valence-electron chi connectivity index (χ0n) is 11.3. The van der Waals surface area contributed by atoms with Crippen molar-refractivity contribution >= 4 is 0 Å². The Morgan fingerprint density at radius 2 is 1.94 bits per heavy atom. The van der Waals surface area contributed by atoms with Gasteiger partial charge in [-0.2, -0.15) is 0 Å². The summed E-state index contributed by atoms with van der Waals surface area (Å²) in [5.41, 5.74) is 6.65. The molecule has 3 fully saturated rings. The first kappa shape index (κ1) is 12.0. The molecule has 2 heteroatoms. The summed E-state index contributed by atoms with van der Waals surface area (Å²) in [5.74, 6) is 1.91. The van der Waals surface area contributed by atoms with Crippen LogP contribution in [-0.2, 0) is 0 Å². The Morgan fingerprint density at radius 3 is 2.41 bits per heavy atom. The molecule has 3 aliphatic carbocycles. The lowest BCUT2D eigenvalue weighted by Gasteiger charge is -2.49. The Bertz CT molecular complexity index is 272. The van der Waals surface area contributed by atoms with Gasteiger partial charge in [0.05, 0.1) is 0 Å². The van der Waals surface area contributed by atoms with Gasteiger partial charge >= 0.3 is 0 Å². The number of nitrogens with zero attached hydrogens (tertiary/aromatic N) is 1. The van der Waals surface area contributed by atoms with Crippen molar-refractivity contribution < 1.29 is 0 Å². The fourth-order valence-corrected chi connectivity index (χ4v) is 5.29.